The number of amidine groups is 1. The van der Waals surface area contributed by atoms with Gasteiger partial charge in [-0.05, 0) is 42.1 Å². The van der Waals surface area contributed by atoms with Crippen molar-refractivity contribution in [1.29, 1.82) is 0 Å². The summed E-state index contributed by atoms with van der Waals surface area (Å²) < 4.78 is 0. The van der Waals surface area contributed by atoms with Gasteiger partial charge in [0.2, 0.25) is 0 Å². The molecule has 0 spiro atoms. The first kappa shape index (κ1) is 19.1. The molecule has 6 heteroatoms. The lowest BCUT2D eigenvalue weighted by Gasteiger charge is -2.15. The maximum atomic E-state index is 13.4. The Hall–Kier alpha value is -3.90. The van der Waals surface area contributed by atoms with Gasteiger partial charge in [-0.2, -0.15) is 5.10 Å². The predicted molar refractivity (Wildman–Crippen MR) is 127 cm³/mol. The van der Waals surface area contributed by atoms with E-state index in [-0.39, 0.29) is 5.91 Å². The molecule has 2 heterocycles. The van der Waals surface area contributed by atoms with Crippen LogP contribution in [0.4, 0.5) is 11.4 Å². The Morgan fingerprint density at radius 1 is 0.871 bits per heavy atom. The largest absolute Gasteiger partial charge is 0.277 e. The first-order chi connectivity index (χ1) is 15.3. The molecule has 1 aliphatic rings. The van der Waals surface area contributed by atoms with Gasteiger partial charge in [0.1, 0.15) is 0 Å². The van der Waals surface area contributed by atoms with Crippen LogP contribution in [-0.2, 0) is 4.79 Å². The molecule has 5 nitrogen and oxygen atoms in total. The topological polar surface area (TPSA) is 61.4 Å². The van der Waals surface area contributed by atoms with Crippen molar-refractivity contribution in [3.05, 3.63) is 108 Å². The Morgan fingerprint density at radius 3 is 2.23 bits per heavy atom. The number of nitrogens with zero attached hydrogens (tertiary/aromatic N) is 3. The number of nitrogens with one attached hydrogen (secondary N) is 1. The van der Waals surface area contributed by atoms with Crippen molar-refractivity contribution < 1.29 is 4.79 Å². The number of para-hydroxylation sites is 2. The molecule has 0 atom stereocenters. The standard InChI is InChI=1S/C25H18N4OS/c30-24-22(16-19-17-26-28-23(19)18-10-4-1-5-11-18)31-25(27-20-12-6-2-7-13-20)29(24)21-14-8-3-9-15-21/h1-17H,(H,26,28)/b22-16-,27-25?. The number of aliphatic imine (C=N–C) groups is 1. The van der Waals surface area contributed by atoms with E-state index in [9.17, 15) is 4.79 Å². The second kappa shape index (κ2) is 8.45. The molecule has 1 saturated heterocycles. The number of benzene rings is 3. The predicted octanol–water partition coefficient (Wildman–Crippen LogP) is 5.89. The van der Waals surface area contributed by atoms with Crippen molar-refractivity contribution in [2.75, 3.05) is 4.90 Å². The van der Waals surface area contributed by atoms with E-state index in [1.54, 1.807) is 11.1 Å². The molecule has 0 aliphatic carbocycles. The SMILES string of the molecule is O=C1/C(=C/c2cn[nH]c2-c2ccccc2)SC(=Nc2ccccc2)N1c1ccccc1. The van der Waals surface area contributed by atoms with Crippen molar-refractivity contribution in [2.24, 2.45) is 4.99 Å². The monoisotopic (exact) mass is 422 g/mol. The van der Waals surface area contributed by atoms with E-state index in [2.05, 4.69) is 10.2 Å². The van der Waals surface area contributed by atoms with Gasteiger partial charge < -0.3 is 0 Å². The van der Waals surface area contributed by atoms with Crippen molar-refractivity contribution in [3.63, 3.8) is 0 Å². The number of carbonyl (C=O) groups excluding carboxylic acids is 1. The third-order valence-electron chi connectivity index (χ3n) is 4.82. The normalized spacial score (nSPS) is 16.4. The molecular weight excluding hydrogens is 404 g/mol. The van der Waals surface area contributed by atoms with Gasteiger partial charge in [0.25, 0.3) is 5.91 Å². The Kier molecular flexibility index (Phi) is 5.21. The molecule has 1 N–H and O–H groups in total. The number of anilines is 1. The number of rotatable bonds is 4. The van der Waals surface area contributed by atoms with E-state index in [4.69, 9.17) is 4.99 Å². The summed E-state index contributed by atoms with van der Waals surface area (Å²) in [6.45, 7) is 0. The first-order valence-corrected chi connectivity index (χ1v) is 10.6. The third-order valence-corrected chi connectivity index (χ3v) is 5.79. The molecule has 0 radical (unpaired) electrons. The Labute approximate surface area is 184 Å². The van der Waals surface area contributed by atoms with Crippen LogP contribution in [0.3, 0.4) is 0 Å². The van der Waals surface area contributed by atoms with Crippen LogP contribution in [-0.4, -0.2) is 21.3 Å². The number of aromatic nitrogens is 2. The molecule has 0 saturated carbocycles. The molecule has 4 aromatic rings. The minimum absolute atomic E-state index is 0.105. The van der Waals surface area contributed by atoms with Crippen molar-refractivity contribution in [2.45, 2.75) is 0 Å². The molecule has 0 bridgehead atoms. The maximum Gasteiger partial charge on any atom is 0.271 e. The van der Waals surface area contributed by atoms with Crippen LogP contribution in [0.5, 0.6) is 0 Å². The zero-order chi connectivity index (χ0) is 21.0. The second-order valence-electron chi connectivity index (χ2n) is 6.88. The highest BCUT2D eigenvalue weighted by Gasteiger charge is 2.35. The third kappa shape index (κ3) is 3.93. The van der Waals surface area contributed by atoms with Crippen LogP contribution in [0.2, 0.25) is 0 Å². The minimum Gasteiger partial charge on any atom is -0.277 e. The van der Waals surface area contributed by atoms with Crippen LogP contribution in [0.25, 0.3) is 17.3 Å². The fraction of sp³-hybridized carbons (Fsp3) is 0. The van der Waals surface area contributed by atoms with E-state index < -0.39 is 0 Å². The molecule has 1 amide bonds. The molecule has 1 aromatic heterocycles. The van der Waals surface area contributed by atoms with Crippen LogP contribution in [0, 0.1) is 0 Å². The summed E-state index contributed by atoms with van der Waals surface area (Å²) in [5, 5.41) is 7.86. The highest BCUT2D eigenvalue weighted by atomic mass is 32.2. The summed E-state index contributed by atoms with van der Waals surface area (Å²) >= 11 is 1.36. The van der Waals surface area contributed by atoms with Crippen LogP contribution < -0.4 is 4.90 Å². The van der Waals surface area contributed by atoms with E-state index >= 15 is 0 Å². The van der Waals surface area contributed by atoms with Gasteiger partial charge in [0, 0.05) is 11.1 Å². The quantitative estimate of drug-likeness (QED) is 0.418. The average molecular weight is 423 g/mol. The second-order valence-corrected chi connectivity index (χ2v) is 7.89. The fourth-order valence-electron chi connectivity index (χ4n) is 3.35. The summed E-state index contributed by atoms with van der Waals surface area (Å²) in [4.78, 5) is 20.4. The highest BCUT2D eigenvalue weighted by Crippen LogP contribution is 2.38. The van der Waals surface area contributed by atoms with Gasteiger partial charge in [-0.1, -0.05) is 66.7 Å². The van der Waals surface area contributed by atoms with Crippen LogP contribution >= 0.6 is 11.8 Å². The number of hydrogen-bond acceptors (Lipinski definition) is 4. The molecule has 5 rings (SSSR count). The Bertz CT molecular complexity index is 1260. The van der Waals surface area contributed by atoms with Crippen LogP contribution in [0.15, 0.2) is 107 Å². The number of thioether (sulfide) groups is 1. The average Bonchev–Trinajstić information content (AvgIpc) is 3.40. The van der Waals surface area contributed by atoms with Crippen molar-refractivity contribution in [1.82, 2.24) is 10.2 Å². The summed E-state index contributed by atoms with van der Waals surface area (Å²) in [6.07, 6.45) is 3.62. The van der Waals surface area contributed by atoms with Gasteiger partial charge in [-0.25, -0.2) is 4.99 Å². The number of H-pyrrole nitrogens is 1. The summed E-state index contributed by atoms with van der Waals surface area (Å²) in [7, 11) is 0. The number of carbonyl (C=O) groups is 1. The fourth-order valence-corrected chi connectivity index (χ4v) is 4.34. The minimum atomic E-state index is -0.105. The summed E-state index contributed by atoms with van der Waals surface area (Å²) in [6, 6.07) is 29.2. The highest BCUT2D eigenvalue weighted by molar-refractivity contribution is 8.19. The number of hydrogen-bond donors (Lipinski definition) is 1. The molecule has 3 aromatic carbocycles. The van der Waals surface area contributed by atoms with Crippen molar-refractivity contribution >= 4 is 40.3 Å². The zero-order valence-corrected chi connectivity index (χ0v) is 17.3. The first-order valence-electron chi connectivity index (χ1n) is 9.81. The molecule has 150 valence electrons. The molecule has 0 unspecified atom stereocenters. The van der Waals surface area contributed by atoms with Crippen LogP contribution in [0.1, 0.15) is 5.56 Å². The van der Waals surface area contributed by atoms with Gasteiger partial charge in [0.05, 0.1) is 28.2 Å². The molecule has 1 aliphatic heterocycles. The van der Waals surface area contributed by atoms with Gasteiger partial charge in [-0.3, -0.25) is 14.8 Å². The smallest absolute Gasteiger partial charge is 0.271 e. The number of amides is 1. The maximum absolute atomic E-state index is 13.4. The van der Waals surface area contributed by atoms with Gasteiger partial charge in [0.15, 0.2) is 5.17 Å². The lowest BCUT2D eigenvalue weighted by molar-refractivity contribution is -0.113. The van der Waals surface area contributed by atoms with Crippen molar-refractivity contribution in [3.8, 4) is 11.3 Å². The lowest BCUT2D eigenvalue weighted by Crippen LogP contribution is -2.28. The summed E-state index contributed by atoms with van der Waals surface area (Å²) in [5.74, 6) is -0.105. The zero-order valence-electron chi connectivity index (χ0n) is 16.5. The molecule has 1 fully saturated rings. The van der Waals surface area contributed by atoms with E-state index in [0.717, 1.165) is 28.2 Å². The van der Waals surface area contributed by atoms with Gasteiger partial charge in [-0.15, -0.1) is 0 Å². The Morgan fingerprint density at radius 2 is 1.52 bits per heavy atom. The van der Waals surface area contributed by atoms with E-state index in [1.165, 1.54) is 11.8 Å². The van der Waals surface area contributed by atoms with Gasteiger partial charge >= 0.3 is 0 Å². The molecule has 31 heavy (non-hydrogen) atoms. The molecular formula is C25H18N4OS. The number of aromatic amines is 1. The Balaban J connectivity index is 1.57. The van der Waals surface area contributed by atoms with E-state index in [0.29, 0.717) is 10.1 Å². The lowest BCUT2D eigenvalue weighted by atomic mass is 10.1. The summed E-state index contributed by atoms with van der Waals surface area (Å²) in [5.41, 5.74) is 4.33. The van der Waals surface area contributed by atoms with E-state index in [1.807, 2.05) is 97.1 Å².